The lowest BCUT2D eigenvalue weighted by atomic mass is 9.79. The van der Waals surface area contributed by atoms with Gasteiger partial charge in [-0.25, -0.2) is 0 Å². The molecule has 1 heterocycles. The van der Waals surface area contributed by atoms with Gasteiger partial charge in [0.05, 0.1) is 0 Å². The Bertz CT molecular complexity index is 701. The van der Waals surface area contributed by atoms with Crippen LogP contribution >= 0.6 is 0 Å². The van der Waals surface area contributed by atoms with E-state index in [2.05, 4.69) is 29.2 Å². The van der Waals surface area contributed by atoms with Gasteiger partial charge in [0, 0.05) is 30.6 Å². The number of carbonyl (C=O) groups is 1. The minimum Gasteiger partial charge on any atom is -0.294 e. The van der Waals surface area contributed by atoms with Gasteiger partial charge in [0.25, 0.3) is 0 Å². The van der Waals surface area contributed by atoms with E-state index >= 15 is 0 Å². The van der Waals surface area contributed by atoms with Crippen LogP contribution in [0.25, 0.3) is 6.08 Å². The number of hydrogen-bond acceptors (Lipinski definition) is 2. The van der Waals surface area contributed by atoms with Gasteiger partial charge in [-0.15, -0.1) is 0 Å². The van der Waals surface area contributed by atoms with E-state index in [0.29, 0.717) is 6.54 Å². The van der Waals surface area contributed by atoms with Crippen molar-refractivity contribution in [3.05, 3.63) is 77.4 Å². The largest absolute Gasteiger partial charge is 0.294 e. The standard InChI is InChI=1S/C21H23NO/c1-21(2)16-22(14-18-11-7-4-8-12-18)15-19(20(21)23)13-17-9-5-3-6-10-17/h3-13H,14-16H2,1-2H3/b19-13+. The molecule has 0 aromatic heterocycles. The van der Waals surface area contributed by atoms with E-state index in [0.717, 1.165) is 24.2 Å². The van der Waals surface area contributed by atoms with Crippen LogP contribution in [0.2, 0.25) is 0 Å². The molecule has 3 rings (SSSR count). The number of carbonyl (C=O) groups excluding carboxylic acids is 1. The quantitative estimate of drug-likeness (QED) is 0.793. The van der Waals surface area contributed by atoms with Gasteiger partial charge in [-0.3, -0.25) is 9.69 Å². The van der Waals surface area contributed by atoms with Crippen LogP contribution in [0, 0.1) is 5.41 Å². The van der Waals surface area contributed by atoms with Crippen LogP contribution in [0.3, 0.4) is 0 Å². The summed E-state index contributed by atoms with van der Waals surface area (Å²) in [5.74, 6) is 0.269. The van der Waals surface area contributed by atoms with Gasteiger partial charge < -0.3 is 0 Å². The number of likely N-dealkylation sites (tertiary alicyclic amines) is 1. The summed E-state index contributed by atoms with van der Waals surface area (Å²) in [5, 5.41) is 0. The summed E-state index contributed by atoms with van der Waals surface area (Å²) in [5.41, 5.74) is 2.95. The molecule has 0 spiro atoms. The first-order valence-corrected chi connectivity index (χ1v) is 8.11. The van der Waals surface area contributed by atoms with E-state index in [9.17, 15) is 4.79 Å². The topological polar surface area (TPSA) is 20.3 Å². The maximum Gasteiger partial charge on any atom is 0.167 e. The lowest BCUT2D eigenvalue weighted by Crippen LogP contribution is -2.47. The molecule has 0 bridgehead atoms. The fraction of sp³-hybridized carbons (Fsp3) is 0.286. The maximum atomic E-state index is 12.8. The van der Waals surface area contributed by atoms with Gasteiger partial charge in [0.1, 0.15) is 0 Å². The number of rotatable bonds is 3. The highest BCUT2D eigenvalue weighted by Crippen LogP contribution is 2.30. The molecule has 2 aromatic rings. The highest BCUT2D eigenvalue weighted by molar-refractivity contribution is 6.04. The summed E-state index contributed by atoms with van der Waals surface area (Å²) in [4.78, 5) is 15.1. The first kappa shape index (κ1) is 15.7. The zero-order valence-corrected chi connectivity index (χ0v) is 13.8. The van der Waals surface area contributed by atoms with E-state index in [1.54, 1.807) is 0 Å². The summed E-state index contributed by atoms with van der Waals surface area (Å²) in [6.07, 6.45) is 2.04. The summed E-state index contributed by atoms with van der Waals surface area (Å²) in [7, 11) is 0. The second-order valence-electron chi connectivity index (χ2n) is 6.92. The summed E-state index contributed by atoms with van der Waals surface area (Å²) in [6.45, 7) is 6.49. The van der Waals surface area contributed by atoms with E-state index in [4.69, 9.17) is 0 Å². The van der Waals surface area contributed by atoms with Crippen LogP contribution in [0.15, 0.2) is 66.2 Å². The number of nitrogens with zero attached hydrogens (tertiary/aromatic N) is 1. The van der Waals surface area contributed by atoms with Crippen molar-refractivity contribution in [1.29, 1.82) is 0 Å². The SMILES string of the molecule is CC1(C)CN(Cc2ccccc2)C/C(=C\c2ccccc2)C1=O. The van der Waals surface area contributed by atoms with Crippen molar-refractivity contribution in [3.8, 4) is 0 Å². The minimum atomic E-state index is -0.340. The Morgan fingerprint density at radius 1 is 1.00 bits per heavy atom. The summed E-state index contributed by atoms with van der Waals surface area (Å²) < 4.78 is 0. The Balaban J connectivity index is 1.84. The first-order valence-electron chi connectivity index (χ1n) is 8.11. The summed E-state index contributed by atoms with van der Waals surface area (Å²) >= 11 is 0. The van der Waals surface area contributed by atoms with E-state index in [1.807, 2.05) is 56.3 Å². The van der Waals surface area contributed by atoms with Crippen molar-refractivity contribution < 1.29 is 4.79 Å². The Morgan fingerprint density at radius 2 is 1.61 bits per heavy atom. The van der Waals surface area contributed by atoms with E-state index in [-0.39, 0.29) is 11.2 Å². The molecule has 0 atom stereocenters. The number of Topliss-reactive ketones (excluding diaryl/α,β-unsaturated/α-hetero) is 1. The summed E-state index contributed by atoms with van der Waals surface area (Å²) in [6, 6.07) is 20.6. The highest BCUT2D eigenvalue weighted by Gasteiger charge is 2.37. The van der Waals surface area contributed by atoms with Gasteiger partial charge in [0.15, 0.2) is 5.78 Å². The average molecular weight is 305 g/mol. The highest BCUT2D eigenvalue weighted by atomic mass is 16.1. The van der Waals surface area contributed by atoms with E-state index in [1.165, 1.54) is 5.56 Å². The number of piperidine rings is 1. The molecule has 0 amide bonds. The molecular weight excluding hydrogens is 282 g/mol. The molecule has 2 nitrogen and oxygen atoms in total. The van der Waals surface area contributed by atoms with Crippen LogP contribution < -0.4 is 0 Å². The predicted molar refractivity (Wildman–Crippen MR) is 94.9 cm³/mol. The molecule has 1 aliphatic heterocycles. The Labute approximate surface area is 138 Å². The van der Waals surface area contributed by atoms with Crippen molar-refractivity contribution in [2.75, 3.05) is 13.1 Å². The number of ketones is 1. The van der Waals surface area contributed by atoms with Crippen LogP contribution in [-0.4, -0.2) is 23.8 Å². The Hall–Kier alpha value is -2.19. The molecule has 118 valence electrons. The number of benzene rings is 2. The third kappa shape index (κ3) is 3.77. The average Bonchev–Trinajstić information content (AvgIpc) is 2.54. The fourth-order valence-electron chi connectivity index (χ4n) is 3.25. The molecule has 0 radical (unpaired) electrons. The monoisotopic (exact) mass is 305 g/mol. The van der Waals surface area contributed by atoms with Gasteiger partial charge in [-0.1, -0.05) is 74.5 Å². The lowest BCUT2D eigenvalue weighted by molar-refractivity contribution is -0.126. The van der Waals surface area contributed by atoms with Crippen molar-refractivity contribution in [2.24, 2.45) is 5.41 Å². The van der Waals surface area contributed by atoms with Crippen molar-refractivity contribution in [3.63, 3.8) is 0 Å². The first-order chi connectivity index (χ1) is 11.0. The molecule has 0 N–H and O–H groups in total. The normalized spacial score (nSPS) is 19.9. The van der Waals surface area contributed by atoms with Crippen LogP contribution in [0.4, 0.5) is 0 Å². The van der Waals surface area contributed by atoms with Crippen LogP contribution in [0.1, 0.15) is 25.0 Å². The molecule has 0 saturated carbocycles. The predicted octanol–water partition coefficient (Wildman–Crippen LogP) is 4.18. The smallest absolute Gasteiger partial charge is 0.167 e. The third-order valence-electron chi connectivity index (χ3n) is 4.31. The second-order valence-corrected chi connectivity index (χ2v) is 6.92. The van der Waals surface area contributed by atoms with Gasteiger partial charge in [-0.2, -0.15) is 0 Å². The molecule has 23 heavy (non-hydrogen) atoms. The molecule has 1 saturated heterocycles. The van der Waals surface area contributed by atoms with Gasteiger partial charge >= 0.3 is 0 Å². The molecule has 0 aliphatic carbocycles. The zero-order chi connectivity index (χ0) is 16.3. The molecular formula is C21H23NO. The maximum absolute atomic E-state index is 12.8. The van der Waals surface area contributed by atoms with E-state index < -0.39 is 0 Å². The number of hydrogen-bond donors (Lipinski definition) is 0. The fourth-order valence-corrected chi connectivity index (χ4v) is 3.25. The Kier molecular flexibility index (Phi) is 4.44. The second kappa shape index (κ2) is 6.51. The van der Waals surface area contributed by atoms with Crippen LogP contribution in [-0.2, 0) is 11.3 Å². The minimum absolute atomic E-state index is 0.269. The van der Waals surface area contributed by atoms with Crippen molar-refractivity contribution in [2.45, 2.75) is 20.4 Å². The van der Waals surface area contributed by atoms with Crippen molar-refractivity contribution in [1.82, 2.24) is 4.90 Å². The van der Waals surface area contributed by atoms with Gasteiger partial charge in [0.2, 0.25) is 0 Å². The molecule has 1 aliphatic rings. The Morgan fingerprint density at radius 3 is 2.26 bits per heavy atom. The third-order valence-corrected chi connectivity index (χ3v) is 4.31. The van der Waals surface area contributed by atoms with Crippen molar-refractivity contribution >= 4 is 11.9 Å². The van der Waals surface area contributed by atoms with Gasteiger partial charge in [-0.05, 0) is 17.2 Å². The lowest BCUT2D eigenvalue weighted by Gasteiger charge is -2.38. The molecule has 2 aromatic carbocycles. The molecule has 0 unspecified atom stereocenters. The molecule has 2 heteroatoms. The van der Waals surface area contributed by atoms with Crippen LogP contribution in [0.5, 0.6) is 0 Å². The molecule has 1 fully saturated rings. The zero-order valence-electron chi connectivity index (χ0n) is 13.8.